The van der Waals surface area contributed by atoms with E-state index in [-0.39, 0.29) is 0 Å². The first-order valence-corrected chi connectivity index (χ1v) is 15.9. The molecular weight excluding hydrogens is 507 g/mol. The van der Waals surface area contributed by atoms with Crippen molar-refractivity contribution in [3.63, 3.8) is 0 Å². The van der Waals surface area contributed by atoms with E-state index in [4.69, 9.17) is 0 Å². The van der Waals surface area contributed by atoms with Crippen LogP contribution >= 0.6 is 0 Å². The summed E-state index contributed by atoms with van der Waals surface area (Å²) in [6.07, 6.45) is 2.58. The molecule has 0 nitrogen and oxygen atoms in total. The molecule has 1 heteroatoms. The standard InChI is InChI=1S/C36H27As/c1-5-15-26(16-6-1)33-25-32-34(27-17-7-2-8-18-27)30-23-13-14-24-31(30)35(28-19-9-3-10-20-28)36(32)37(33)29-21-11-4-12-22-29/h1-25,35-36H/t35-,36+,37?/m1/s1. The van der Waals surface area contributed by atoms with E-state index >= 15 is 0 Å². The predicted molar refractivity (Wildman–Crippen MR) is 157 cm³/mol. The van der Waals surface area contributed by atoms with Crippen LogP contribution in [0.4, 0.5) is 0 Å². The summed E-state index contributed by atoms with van der Waals surface area (Å²) in [5.74, 6) is 0.331. The van der Waals surface area contributed by atoms with E-state index in [1.54, 1.807) is 4.36 Å². The Labute approximate surface area is 223 Å². The average molecular weight is 535 g/mol. The molecule has 0 saturated carbocycles. The van der Waals surface area contributed by atoms with E-state index in [1.807, 2.05) is 0 Å². The normalized spacial score (nSPS) is 20.2. The van der Waals surface area contributed by atoms with Gasteiger partial charge in [-0.3, -0.25) is 0 Å². The number of rotatable bonds is 4. The van der Waals surface area contributed by atoms with E-state index < -0.39 is 14.7 Å². The Hall–Kier alpha value is -3.86. The van der Waals surface area contributed by atoms with Crippen molar-refractivity contribution in [2.24, 2.45) is 0 Å². The summed E-state index contributed by atoms with van der Waals surface area (Å²) in [6, 6.07) is 53.9. The third kappa shape index (κ3) is 3.84. The summed E-state index contributed by atoms with van der Waals surface area (Å²) in [6.45, 7) is 0. The van der Waals surface area contributed by atoms with E-state index in [9.17, 15) is 0 Å². The molecule has 3 atom stereocenters. The molecule has 0 radical (unpaired) electrons. The minimum absolute atomic E-state index is 0.331. The Morgan fingerprint density at radius 1 is 0.486 bits per heavy atom. The summed E-state index contributed by atoms with van der Waals surface area (Å²) >= 11 is -1.76. The predicted octanol–water partition coefficient (Wildman–Crippen LogP) is 8.04. The Morgan fingerprint density at radius 2 is 1.03 bits per heavy atom. The van der Waals surface area contributed by atoms with Crippen LogP contribution in [0, 0.1) is 0 Å². The molecule has 0 N–H and O–H groups in total. The van der Waals surface area contributed by atoms with Crippen LogP contribution in [-0.4, -0.2) is 14.7 Å². The topological polar surface area (TPSA) is 0 Å². The van der Waals surface area contributed by atoms with Gasteiger partial charge in [0.1, 0.15) is 0 Å². The summed E-state index contributed by atoms with van der Waals surface area (Å²) in [4.78, 5) is 0. The zero-order valence-corrected chi connectivity index (χ0v) is 22.4. The Bertz CT molecular complexity index is 1600. The molecule has 0 amide bonds. The van der Waals surface area contributed by atoms with Crippen LogP contribution in [-0.2, 0) is 0 Å². The molecule has 0 fully saturated rings. The molecule has 0 saturated heterocycles. The second-order valence-corrected chi connectivity index (χ2v) is 14.5. The number of allylic oxidation sites excluding steroid dienone is 2. The van der Waals surface area contributed by atoms with Crippen molar-refractivity contribution >= 4 is 28.9 Å². The zero-order valence-electron chi connectivity index (χ0n) is 20.5. The molecule has 0 bridgehead atoms. The first-order chi connectivity index (χ1) is 18.4. The average Bonchev–Trinajstić information content (AvgIpc) is 3.37. The van der Waals surface area contributed by atoms with Gasteiger partial charge in [0.2, 0.25) is 0 Å². The van der Waals surface area contributed by atoms with Crippen molar-refractivity contribution in [2.75, 3.05) is 0 Å². The van der Waals surface area contributed by atoms with Crippen LogP contribution in [0.25, 0.3) is 9.93 Å². The van der Waals surface area contributed by atoms with Crippen LogP contribution < -0.4 is 4.35 Å². The van der Waals surface area contributed by atoms with Crippen LogP contribution in [0.3, 0.4) is 0 Å². The third-order valence-corrected chi connectivity index (χ3v) is 13.7. The van der Waals surface area contributed by atoms with Gasteiger partial charge in [0.15, 0.2) is 0 Å². The molecule has 7 rings (SSSR count). The number of hydrogen-bond acceptors (Lipinski definition) is 0. The Kier molecular flexibility index (Phi) is 5.76. The van der Waals surface area contributed by atoms with Gasteiger partial charge in [0.25, 0.3) is 0 Å². The Balaban J connectivity index is 1.58. The first kappa shape index (κ1) is 22.3. The van der Waals surface area contributed by atoms with Crippen molar-refractivity contribution in [1.82, 2.24) is 0 Å². The fourth-order valence-electron chi connectivity index (χ4n) is 6.13. The first-order valence-electron chi connectivity index (χ1n) is 13.0. The monoisotopic (exact) mass is 534 g/mol. The van der Waals surface area contributed by atoms with Crippen molar-refractivity contribution in [2.45, 2.75) is 10.6 Å². The second kappa shape index (κ2) is 9.54. The molecule has 1 aliphatic heterocycles. The summed E-state index contributed by atoms with van der Waals surface area (Å²) < 4.78 is 3.52. The van der Waals surface area contributed by atoms with Gasteiger partial charge in [-0.15, -0.1) is 0 Å². The van der Waals surface area contributed by atoms with Crippen molar-refractivity contribution in [1.29, 1.82) is 0 Å². The van der Waals surface area contributed by atoms with Gasteiger partial charge in [-0.2, -0.15) is 0 Å². The van der Waals surface area contributed by atoms with Gasteiger partial charge in [0.05, 0.1) is 0 Å². The molecule has 176 valence electrons. The van der Waals surface area contributed by atoms with Gasteiger partial charge in [0, 0.05) is 0 Å². The quantitative estimate of drug-likeness (QED) is 0.205. The molecule has 0 aromatic heterocycles. The van der Waals surface area contributed by atoms with Gasteiger partial charge in [-0.25, -0.2) is 0 Å². The van der Waals surface area contributed by atoms with Crippen molar-refractivity contribution < 1.29 is 0 Å². The number of hydrogen-bond donors (Lipinski definition) is 0. The van der Waals surface area contributed by atoms with Crippen LogP contribution in [0.2, 0.25) is 4.71 Å². The van der Waals surface area contributed by atoms with Crippen molar-refractivity contribution in [3.8, 4) is 0 Å². The maximum absolute atomic E-state index is 2.58. The number of fused-ring (bicyclic) bond motifs is 2. The zero-order chi connectivity index (χ0) is 24.6. The molecule has 5 aromatic carbocycles. The van der Waals surface area contributed by atoms with E-state index in [1.165, 1.54) is 43.3 Å². The van der Waals surface area contributed by atoms with E-state index in [0.29, 0.717) is 10.6 Å². The molecule has 1 heterocycles. The van der Waals surface area contributed by atoms with Crippen LogP contribution in [0.1, 0.15) is 33.7 Å². The fourth-order valence-corrected chi connectivity index (χ4v) is 12.9. The van der Waals surface area contributed by atoms with Crippen LogP contribution in [0.15, 0.2) is 157 Å². The fraction of sp³-hybridized carbons (Fsp3) is 0.0556. The molecule has 5 aromatic rings. The molecule has 1 aliphatic carbocycles. The van der Waals surface area contributed by atoms with Gasteiger partial charge < -0.3 is 0 Å². The summed E-state index contributed by atoms with van der Waals surface area (Å²) in [7, 11) is 0. The van der Waals surface area contributed by atoms with Crippen molar-refractivity contribution in [3.05, 3.63) is 185 Å². The maximum atomic E-state index is 2.58. The second-order valence-electron chi connectivity index (χ2n) is 9.72. The molecular formula is C36H27As. The number of benzene rings is 5. The Morgan fingerprint density at radius 3 is 1.70 bits per heavy atom. The molecule has 0 spiro atoms. The van der Waals surface area contributed by atoms with Gasteiger partial charge >= 0.3 is 225 Å². The van der Waals surface area contributed by atoms with Crippen LogP contribution in [0.5, 0.6) is 0 Å². The molecule has 1 unspecified atom stereocenters. The molecule has 37 heavy (non-hydrogen) atoms. The minimum atomic E-state index is -1.76. The summed E-state index contributed by atoms with van der Waals surface area (Å²) in [5.41, 5.74) is 9.87. The van der Waals surface area contributed by atoms with Gasteiger partial charge in [-0.05, 0) is 0 Å². The summed E-state index contributed by atoms with van der Waals surface area (Å²) in [5, 5.41) is 0. The van der Waals surface area contributed by atoms with E-state index in [2.05, 4.69) is 152 Å². The third-order valence-electron chi connectivity index (χ3n) is 7.64. The SMILES string of the molecule is C1=C(c2ccccc2)[As](c2ccccc2)[C@H]2C1=C(c1ccccc1)c1ccccc1[C@H]2c1ccccc1. The molecule has 2 aliphatic rings. The van der Waals surface area contributed by atoms with Gasteiger partial charge in [-0.1, -0.05) is 0 Å². The van der Waals surface area contributed by atoms with E-state index in [0.717, 1.165) is 0 Å².